The molecular weight excluding hydrogens is 204 g/mol. The molecule has 0 unspecified atom stereocenters. The molecule has 1 nitrogen and oxygen atoms in total. The first-order valence-electron chi connectivity index (χ1n) is 5.19. The van der Waals surface area contributed by atoms with Crippen molar-refractivity contribution in [3.63, 3.8) is 0 Å². The Balaban J connectivity index is 0.000000531. The van der Waals surface area contributed by atoms with Gasteiger partial charge in [-0.25, -0.2) is 0 Å². The van der Waals surface area contributed by atoms with Crippen LogP contribution < -0.4 is 5.43 Å². The van der Waals surface area contributed by atoms with Crippen molar-refractivity contribution in [2.45, 2.75) is 27.7 Å². The molecule has 0 N–H and O–H groups in total. The van der Waals surface area contributed by atoms with Crippen LogP contribution in [0.4, 0.5) is 0 Å². The highest BCUT2D eigenvalue weighted by atomic mass is 32.1. The summed E-state index contributed by atoms with van der Waals surface area (Å²) >= 11 is 1.68. The predicted octanol–water partition coefficient (Wildman–Crippen LogP) is 3.90. The molecule has 0 aliphatic rings. The van der Waals surface area contributed by atoms with Gasteiger partial charge in [-0.1, -0.05) is 26.0 Å². The second-order valence-corrected chi connectivity index (χ2v) is 4.36. The van der Waals surface area contributed by atoms with Crippen LogP contribution in [0.5, 0.6) is 0 Å². The number of aryl methyl sites for hydroxylation is 1. The minimum atomic E-state index is 0.173. The van der Waals surface area contributed by atoms with Gasteiger partial charge in [0.05, 0.1) is 0 Å². The molecule has 0 saturated carbocycles. The normalized spacial score (nSPS) is 9.60. The minimum Gasteiger partial charge on any atom is -0.289 e. The molecule has 1 aromatic heterocycles. The largest absolute Gasteiger partial charge is 0.289 e. The van der Waals surface area contributed by atoms with Gasteiger partial charge in [0, 0.05) is 20.5 Å². The molecule has 1 heterocycles. The van der Waals surface area contributed by atoms with Gasteiger partial charge < -0.3 is 0 Å². The van der Waals surface area contributed by atoms with Crippen molar-refractivity contribution >= 4 is 21.4 Å². The average molecular weight is 220 g/mol. The van der Waals surface area contributed by atoms with Crippen LogP contribution in [0.2, 0.25) is 0 Å². The average Bonchev–Trinajstić information content (AvgIpc) is 2.29. The van der Waals surface area contributed by atoms with Crippen LogP contribution in [-0.2, 0) is 0 Å². The maximum Gasteiger partial charge on any atom is 0.191 e. The van der Waals surface area contributed by atoms with E-state index in [9.17, 15) is 4.79 Å². The Morgan fingerprint density at radius 1 is 1.07 bits per heavy atom. The molecule has 2 aromatic rings. The fourth-order valence-electron chi connectivity index (χ4n) is 1.35. The van der Waals surface area contributed by atoms with Crippen molar-refractivity contribution in [3.05, 3.63) is 44.9 Å². The van der Waals surface area contributed by atoms with E-state index in [1.54, 1.807) is 11.3 Å². The van der Waals surface area contributed by atoms with Crippen LogP contribution in [0, 0.1) is 13.8 Å². The van der Waals surface area contributed by atoms with E-state index in [2.05, 4.69) is 0 Å². The Kier molecular flexibility index (Phi) is 4.04. The lowest BCUT2D eigenvalue weighted by Gasteiger charge is -2.00. The number of fused-ring (bicyclic) bond motifs is 1. The molecule has 0 aliphatic carbocycles. The van der Waals surface area contributed by atoms with Crippen molar-refractivity contribution in [2.24, 2.45) is 0 Å². The predicted molar refractivity (Wildman–Crippen MR) is 68.9 cm³/mol. The molecule has 0 radical (unpaired) electrons. The Labute approximate surface area is 94.4 Å². The molecule has 2 rings (SSSR count). The molecule has 0 spiro atoms. The van der Waals surface area contributed by atoms with Crippen LogP contribution >= 0.6 is 11.3 Å². The van der Waals surface area contributed by atoms with Crippen molar-refractivity contribution in [2.75, 3.05) is 0 Å². The van der Waals surface area contributed by atoms with Gasteiger partial charge in [0.15, 0.2) is 5.43 Å². The zero-order valence-electron chi connectivity index (χ0n) is 9.63. The highest BCUT2D eigenvalue weighted by Gasteiger charge is 2.03. The van der Waals surface area contributed by atoms with Crippen LogP contribution in [-0.4, -0.2) is 0 Å². The fraction of sp³-hybridized carbons (Fsp3) is 0.308. The van der Waals surface area contributed by atoms with Gasteiger partial charge in [-0.15, -0.1) is 11.3 Å². The molecule has 0 atom stereocenters. The lowest BCUT2D eigenvalue weighted by Crippen LogP contribution is -2.05. The van der Waals surface area contributed by atoms with E-state index in [4.69, 9.17) is 0 Å². The number of hydrogen-bond donors (Lipinski definition) is 0. The quantitative estimate of drug-likeness (QED) is 0.658. The van der Waals surface area contributed by atoms with Crippen LogP contribution in [0.3, 0.4) is 0 Å². The second-order valence-electron chi connectivity index (χ2n) is 3.11. The van der Waals surface area contributed by atoms with E-state index in [-0.39, 0.29) is 5.43 Å². The van der Waals surface area contributed by atoms with Crippen molar-refractivity contribution in [3.8, 4) is 0 Å². The van der Waals surface area contributed by atoms with Crippen molar-refractivity contribution in [1.82, 2.24) is 0 Å². The molecular formula is C13H16OS. The van der Waals surface area contributed by atoms with E-state index in [1.807, 2.05) is 52.0 Å². The summed E-state index contributed by atoms with van der Waals surface area (Å²) in [7, 11) is 0. The van der Waals surface area contributed by atoms with Gasteiger partial charge in [0.2, 0.25) is 0 Å². The third-order valence-corrected chi connectivity index (χ3v) is 3.45. The maximum atomic E-state index is 11.8. The van der Waals surface area contributed by atoms with Gasteiger partial charge in [-0.05, 0) is 26.0 Å². The highest BCUT2D eigenvalue weighted by Crippen LogP contribution is 2.20. The first kappa shape index (κ1) is 11.9. The van der Waals surface area contributed by atoms with E-state index in [0.29, 0.717) is 0 Å². The summed E-state index contributed by atoms with van der Waals surface area (Å²) in [5, 5.41) is 0.843. The number of rotatable bonds is 0. The Hall–Kier alpha value is -1.15. The summed E-state index contributed by atoms with van der Waals surface area (Å²) in [5.41, 5.74) is 1.05. The zero-order chi connectivity index (χ0) is 11.4. The number of hydrogen-bond acceptors (Lipinski definition) is 2. The molecule has 0 fully saturated rings. The van der Waals surface area contributed by atoms with Gasteiger partial charge in [-0.3, -0.25) is 4.79 Å². The van der Waals surface area contributed by atoms with Crippen molar-refractivity contribution in [1.29, 1.82) is 0 Å². The van der Waals surface area contributed by atoms with Crippen LogP contribution in [0.25, 0.3) is 10.1 Å². The highest BCUT2D eigenvalue weighted by molar-refractivity contribution is 7.18. The first-order valence-corrected chi connectivity index (χ1v) is 6.01. The summed E-state index contributed by atoms with van der Waals surface area (Å²) in [6.07, 6.45) is 0. The van der Waals surface area contributed by atoms with Crippen LogP contribution in [0.15, 0.2) is 29.1 Å². The minimum absolute atomic E-state index is 0.173. The van der Waals surface area contributed by atoms with Crippen LogP contribution in [0.1, 0.15) is 24.3 Å². The van der Waals surface area contributed by atoms with E-state index >= 15 is 0 Å². The van der Waals surface area contributed by atoms with Gasteiger partial charge in [-0.2, -0.15) is 0 Å². The summed E-state index contributed by atoms with van der Waals surface area (Å²) in [6.45, 7) is 7.88. The molecule has 0 amide bonds. The first-order chi connectivity index (χ1) is 7.20. The van der Waals surface area contributed by atoms with Gasteiger partial charge in [0.25, 0.3) is 0 Å². The molecule has 0 aliphatic heterocycles. The Morgan fingerprint density at radius 3 is 2.33 bits per heavy atom. The third kappa shape index (κ3) is 2.26. The lowest BCUT2D eigenvalue weighted by molar-refractivity contribution is 1.38. The van der Waals surface area contributed by atoms with E-state index in [0.717, 1.165) is 20.5 Å². The summed E-state index contributed by atoms with van der Waals surface area (Å²) in [6, 6.07) is 7.76. The number of benzene rings is 1. The topological polar surface area (TPSA) is 17.1 Å². The van der Waals surface area contributed by atoms with Gasteiger partial charge in [0.1, 0.15) is 0 Å². The lowest BCUT2D eigenvalue weighted by atomic mass is 10.2. The standard InChI is InChI=1S/C11H10OS.C2H6/c1-7-8(2)13-10-6-4-3-5-9(10)11(7)12;1-2/h3-6H,1-2H3;1-2H3. The van der Waals surface area contributed by atoms with Crippen molar-refractivity contribution < 1.29 is 0 Å². The molecule has 0 saturated heterocycles. The third-order valence-electron chi connectivity index (χ3n) is 2.26. The summed E-state index contributed by atoms with van der Waals surface area (Å²) in [5.74, 6) is 0. The smallest absolute Gasteiger partial charge is 0.191 e. The Morgan fingerprint density at radius 2 is 1.67 bits per heavy atom. The molecule has 2 heteroatoms. The van der Waals surface area contributed by atoms with E-state index in [1.165, 1.54) is 0 Å². The summed E-state index contributed by atoms with van der Waals surface area (Å²) < 4.78 is 1.08. The zero-order valence-corrected chi connectivity index (χ0v) is 10.4. The SMILES string of the molecule is CC.Cc1sc2ccccc2c(=O)c1C. The molecule has 0 bridgehead atoms. The Bertz CT molecular complexity index is 511. The maximum absolute atomic E-state index is 11.8. The molecule has 1 aromatic carbocycles. The monoisotopic (exact) mass is 220 g/mol. The van der Waals surface area contributed by atoms with E-state index < -0.39 is 0 Å². The molecule has 15 heavy (non-hydrogen) atoms. The van der Waals surface area contributed by atoms with Gasteiger partial charge >= 0.3 is 0 Å². The summed E-state index contributed by atoms with van der Waals surface area (Å²) in [4.78, 5) is 12.9. The molecule has 80 valence electrons. The fourth-order valence-corrected chi connectivity index (χ4v) is 2.34. The second kappa shape index (κ2) is 5.08.